The number of anilines is 1. The fraction of sp³-hybridized carbons (Fsp3) is 0.375. The molecule has 2 amide bonds. The van der Waals surface area contributed by atoms with E-state index in [1.54, 1.807) is 37.5 Å². The van der Waals surface area contributed by atoms with Crippen molar-refractivity contribution in [1.82, 2.24) is 25.1 Å². The summed E-state index contributed by atoms with van der Waals surface area (Å²) in [4.78, 5) is 38.2. The van der Waals surface area contributed by atoms with E-state index in [0.717, 1.165) is 23.2 Å². The van der Waals surface area contributed by atoms with E-state index in [1.165, 1.54) is 0 Å². The van der Waals surface area contributed by atoms with Gasteiger partial charge in [0.15, 0.2) is 0 Å². The van der Waals surface area contributed by atoms with E-state index < -0.39 is 5.41 Å². The summed E-state index contributed by atoms with van der Waals surface area (Å²) in [5.74, 6) is 1.39. The number of amides is 2. The molecule has 3 aromatic rings. The number of likely N-dealkylation sites (tertiary alicyclic amines) is 1. The second-order valence-electron chi connectivity index (χ2n) is 8.67. The van der Waals surface area contributed by atoms with Crippen molar-refractivity contribution in [3.63, 3.8) is 0 Å². The Balaban J connectivity index is 1.30. The number of H-pyrrole nitrogens is 1. The maximum atomic E-state index is 13.5. The van der Waals surface area contributed by atoms with Gasteiger partial charge in [0.1, 0.15) is 11.6 Å². The molecular formula is C24H26N6O3. The molecule has 2 aliphatic rings. The predicted octanol–water partition coefficient (Wildman–Crippen LogP) is 2.84. The van der Waals surface area contributed by atoms with Crippen molar-refractivity contribution >= 4 is 17.5 Å². The number of nitrogens with zero attached hydrogens (tertiary/aromatic N) is 5. The number of nitrogens with one attached hydrogen (secondary N) is 1. The van der Waals surface area contributed by atoms with E-state index in [0.29, 0.717) is 49.6 Å². The van der Waals surface area contributed by atoms with Crippen LogP contribution >= 0.6 is 0 Å². The molecule has 9 heteroatoms. The maximum Gasteiger partial charge on any atom is 0.256 e. The van der Waals surface area contributed by atoms with Crippen LogP contribution in [0.1, 0.15) is 35.4 Å². The lowest BCUT2D eigenvalue weighted by atomic mass is 9.77. The molecule has 1 N–H and O–H groups in total. The molecule has 0 bridgehead atoms. The first-order chi connectivity index (χ1) is 16.0. The smallest absolute Gasteiger partial charge is 0.256 e. The number of aromatic amines is 1. The van der Waals surface area contributed by atoms with Gasteiger partial charge in [-0.05, 0) is 38.3 Å². The van der Waals surface area contributed by atoms with E-state index in [-0.39, 0.29) is 11.8 Å². The standard InChI is InChI=1S/C24H26N6O3/c1-16-25-12-18(13-26-16)22(31)29-8-5-24(6-9-29)7-10-30(23(24)32)19-3-4-20(21(11-19)33-2)17-14-27-28-15-17/h3-4,11-15H,5-10H2,1-2H3,(H,27,28). The average molecular weight is 447 g/mol. The lowest BCUT2D eigenvalue weighted by Gasteiger charge is -2.38. The summed E-state index contributed by atoms with van der Waals surface area (Å²) in [6.45, 7) is 3.55. The second kappa shape index (κ2) is 8.31. The minimum Gasteiger partial charge on any atom is -0.496 e. The zero-order chi connectivity index (χ0) is 23.0. The molecule has 33 heavy (non-hydrogen) atoms. The zero-order valence-corrected chi connectivity index (χ0v) is 18.7. The van der Waals surface area contributed by atoms with Gasteiger partial charge in [-0.25, -0.2) is 9.97 Å². The van der Waals surface area contributed by atoms with Crippen LogP contribution in [0.15, 0.2) is 43.0 Å². The molecule has 0 radical (unpaired) electrons. The van der Waals surface area contributed by atoms with Crippen LogP contribution in [-0.2, 0) is 4.79 Å². The van der Waals surface area contributed by atoms with Crippen LogP contribution in [0.4, 0.5) is 5.69 Å². The summed E-state index contributed by atoms with van der Waals surface area (Å²) in [6.07, 6.45) is 8.79. The lowest BCUT2D eigenvalue weighted by molar-refractivity contribution is -0.127. The van der Waals surface area contributed by atoms with Gasteiger partial charge in [0, 0.05) is 61.1 Å². The number of methoxy groups -OCH3 is 1. The van der Waals surface area contributed by atoms with Gasteiger partial charge in [0.05, 0.1) is 24.3 Å². The Hall–Kier alpha value is -3.75. The molecule has 170 valence electrons. The monoisotopic (exact) mass is 446 g/mol. The van der Waals surface area contributed by atoms with E-state index in [9.17, 15) is 9.59 Å². The fourth-order valence-corrected chi connectivity index (χ4v) is 4.84. The normalized spacial score (nSPS) is 17.6. The summed E-state index contributed by atoms with van der Waals surface area (Å²) in [5.41, 5.74) is 2.75. The van der Waals surface area contributed by atoms with Crippen molar-refractivity contribution in [1.29, 1.82) is 0 Å². The Labute approximate surface area is 191 Å². The number of carbonyl (C=O) groups is 2. The van der Waals surface area contributed by atoms with E-state index in [2.05, 4.69) is 20.2 Å². The minimum atomic E-state index is -0.420. The molecule has 2 aliphatic heterocycles. The second-order valence-corrected chi connectivity index (χ2v) is 8.67. The largest absolute Gasteiger partial charge is 0.496 e. The van der Waals surface area contributed by atoms with Crippen LogP contribution in [0.5, 0.6) is 5.75 Å². The predicted molar refractivity (Wildman–Crippen MR) is 122 cm³/mol. The molecule has 9 nitrogen and oxygen atoms in total. The molecule has 0 aliphatic carbocycles. The van der Waals surface area contributed by atoms with Gasteiger partial charge in [0.2, 0.25) is 5.91 Å². The summed E-state index contributed by atoms with van der Waals surface area (Å²) in [5, 5.41) is 6.82. The van der Waals surface area contributed by atoms with Crippen LogP contribution in [-0.4, -0.2) is 63.6 Å². The number of carbonyl (C=O) groups excluding carboxylic acids is 2. The molecule has 1 aromatic carbocycles. The topological polar surface area (TPSA) is 104 Å². The number of aryl methyl sites for hydroxylation is 1. The van der Waals surface area contributed by atoms with E-state index in [4.69, 9.17) is 4.74 Å². The molecule has 5 rings (SSSR count). The average Bonchev–Trinajstić information content (AvgIpc) is 3.49. The zero-order valence-electron chi connectivity index (χ0n) is 18.7. The van der Waals surface area contributed by atoms with Gasteiger partial charge in [-0.1, -0.05) is 0 Å². The Kier molecular flexibility index (Phi) is 5.32. The van der Waals surface area contributed by atoms with Crippen LogP contribution in [0.2, 0.25) is 0 Å². The van der Waals surface area contributed by atoms with Gasteiger partial charge in [-0.3, -0.25) is 14.7 Å². The number of aromatic nitrogens is 4. The van der Waals surface area contributed by atoms with E-state index >= 15 is 0 Å². The van der Waals surface area contributed by atoms with Gasteiger partial charge >= 0.3 is 0 Å². The number of piperidine rings is 1. The third-order valence-electron chi connectivity index (χ3n) is 6.85. The van der Waals surface area contributed by atoms with Crippen LogP contribution < -0.4 is 9.64 Å². The SMILES string of the molecule is COc1cc(N2CCC3(CCN(C(=O)c4cnc(C)nc4)CC3)C2=O)ccc1-c1cn[nH]c1. The summed E-state index contributed by atoms with van der Waals surface area (Å²) < 4.78 is 5.60. The first-order valence-electron chi connectivity index (χ1n) is 11.1. The number of ether oxygens (including phenoxy) is 1. The molecule has 2 fully saturated rings. The third kappa shape index (κ3) is 3.73. The van der Waals surface area contributed by atoms with Crippen molar-refractivity contribution in [2.75, 3.05) is 31.6 Å². The first kappa shape index (κ1) is 21.1. The summed E-state index contributed by atoms with van der Waals surface area (Å²) >= 11 is 0. The first-order valence-corrected chi connectivity index (χ1v) is 11.1. The molecule has 0 saturated carbocycles. The van der Waals surface area contributed by atoms with Crippen LogP contribution in [0, 0.1) is 12.3 Å². The fourth-order valence-electron chi connectivity index (χ4n) is 4.84. The van der Waals surface area contributed by atoms with Crippen molar-refractivity contribution < 1.29 is 14.3 Å². The number of hydrogen-bond acceptors (Lipinski definition) is 6. The molecular weight excluding hydrogens is 420 g/mol. The molecule has 2 aromatic heterocycles. The van der Waals surface area contributed by atoms with Gasteiger partial charge in [-0.15, -0.1) is 0 Å². The molecule has 1 spiro atoms. The summed E-state index contributed by atoms with van der Waals surface area (Å²) in [6, 6.07) is 5.83. The quantitative estimate of drug-likeness (QED) is 0.661. The van der Waals surface area contributed by atoms with Crippen LogP contribution in [0.3, 0.4) is 0 Å². The lowest BCUT2D eigenvalue weighted by Crippen LogP contribution is -2.46. The van der Waals surface area contributed by atoms with Gasteiger partial charge in [-0.2, -0.15) is 5.10 Å². The van der Waals surface area contributed by atoms with E-state index in [1.807, 2.05) is 29.3 Å². The highest BCUT2D eigenvalue weighted by molar-refractivity contribution is 6.01. The molecule has 2 saturated heterocycles. The number of hydrogen-bond donors (Lipinski definition) is 1. The Morgan fingerprint density at radius 1 is 1.09 bits per heavy atom. The third-order valence-corrected chi connectivity index (χ3v) is 6.85. The molecule has 0 unspecified atom stereocenters. The Morgan fingerprint density at radius 2 is 1.82 bits per heavy atom. The van der Waals surface area contributed by atoms with Crippen LogP contribution in [0.25, 0.3) is 11.1 Å². The highest BCUT2D eigenvalue weighted by Crippen LogP contribution is 2.44. The number of benzene rings is 1. The Morgan fingerprint density at radius 3 is 2.48 bits per heavy atom. The van der Waals surface area contributed by atoms with Gasteiger partial charge < -0.3 is 14.5 Å². The Bertz CT molecular complexity index is 1170. The molecule has 4 heterocycles. The van der Waals surface area contributed by atoms with Crippen molar-refractivity contribution in [2.24, 2.45) is 5.41 Å². The molecule has 0 atom stereocenters. The van der Waals surface area contributed by atoms with Gasteiger partial charge in [0.25, 0.3) is 5.91 Å². The van der Waals surface area contributed by atoms with Crippen molar-refractivity contribution in [3.05, 3.63) is 54.4 Å². The van der Waals surface area contributed by atoms with Crippen molar-refractivity contribution in [2.45, 2.75) is 26.2 Å². The minimum absolute atomic E-state index is 0.0771. The number of rotatable bonds is 4. The highest BCUT2D eigenvalue weighted by atomic mass is 16.5. The maximum absolute atomic E-state index is 13.5. The van der Waals surface area contributed by atoms with Crippen molar-refractivity contribution in [3.8, 4) is 16.9 Å². The summed E-state index contributed by atoms with van der Waals surface area (Å²) in [7, 11) is 1.63. The highest BCUT2D eigenvalue weighted by Gasteiger charge is 2.49.